The molecule has 0 aromatic carbocycles. The van der Waals surface area contributed by atoms with E-state index < -0.39 is 0 Å². The van der Waals surface area contributed by atoms with Gasteiger partial charge in [-0.25, -0.2) is 0 Å². The van der Waals surface area contributed by atoms with E-state index in [0.29, 0.717) is 5.56 Å². The van der Waals surface area contributed by atoms with Crippen LogP contribution >= 0.6 is 0 Å². The molecule has 0 aliphatic carbocycles. The predicted octanol–water partition coefficient (Wildman–Crippen LogP) is 2.46. The van der Waals surface area contributed by atoms with E-state index in [1.54, 1.807) is 18.3 Å². The van der Waals surface area contributed by atoms with E-state index in [-0.39, 0.29) is 5.75 Å². The van der Waals surface area contributed by atoms with Crippen LogP contribution in [0.1, 0.15) is 19.4 Å². The molecule has 0 radical (unpaired) electrons. The van der Waals surface area contributed by atoms with Crippen molar-refractivity contribution in [2.24, 2.45) is 0 Å². The Balaban J connectivity index is 0.000000461. The zero-order valence-electron chi connectivity index (χ0n) is 6.91. The van der Waals surface area contributed by atoms with Gasteiger partial charge in [0.2, 0.25) is 0 Å². The third-order valence-corrected chi connectivity index (χ3v) is 1.05. The molecule has 0 saturated heterocycles. The predicted molar refractivity (Wildman–Crippen MR) is 47.3 cm³/mol. The van der Waals surface area contributed by atoms with Crippen molar-refractivity contribution in [2.75, 3.05) is 0 Å². The van der Waals surface area contributed by atoms with Gasteiger partial charge < -0.3 is 5.11 Å². The normalized spacial score (nSPS) is 7.82. The van der Waals surface area contributed by atoms with E-state index in [4.69, 9.17) is 5.11 Å². The van der Waals surface area contributed by atoms with Crippen molar-refractivity contribution in [3.05, 3.63) is 30.6 Å². The maximum absolute atomic E-state index is 8.98. The summed E-state index contributed by atoms with van der Waals surface area (Å²) in [5.74, 6) is 0.174. The third kappa shape index (κ3) is 2.85. The highest BCUT2D eigenvalue weighted by Gasteiger charge is 1.90. The van der Waals surface area contributed by atoms with Crippen LogP contribution in [0.25, 0.3) is 6.08 Å². The van der Waals surface area contributed by atoms with Crippen molar-refractivity contribution < 1.29 is 5.11 Å². The van der Waals surface area contributed by atoms with Crippen LogP contribution in [-0.2, 0) is 0 Å². The van der Waals surface area contributed by atoms with Crippen LogP contribution in [0.3, 0.4) is 0 Å². The molecule has 0 bridgehead atoms. The number of rotatable bonds is 1. The van der Waals surface area contributed by atoms with Crippen LogP contribution in [0.5, 0.6) is 5.75 Å². The lowest BCUT2D eigenvalue weighted by molar-refractivity contribution is 0.471. The molecule has 0 atom stereocenters. The van der Waals surface area contributed by atoms with E-state index in [0.717, 1.165) is 0 Å². The molecule has 0 amide bonds. The Bertz CT molecular complexity index is 221. The van der Waals surface area contributed by atoms with E-state index in [9.17, 15) is 0 Å². The SMILES string of the molecule is C=Cc1ccncc1O.CC. The second-order valence-corrected chi connectivity index (χ2v) is 1.64. The van der Waals surface area contributed by atoms with E-state index in [1.165, 1.54) is 6.20 Å². The molecule has 0 fully saturated rings. The second-order valence-electron chi connectivity index (χ2n) is 1.64. The number of aromatic nitrogens is 1. The van der Waals surface area contributed by atoms with Gasteiger partial charge in [0.25, 0.3) is 0 Å². The molecule has 2 nitrogen and oxygen atoms in total. The molecule has 1 rings (SSSR count). The average molecular weight is 151 g/mol. The molecule has 0 aliphatic heterocycles. The topological polar surface area (TPSA) is 33.1 Å². The Morgan fingerprint density at radius 1 is 1.55 bits per heavy atom. The van der Waals surface area contributed by atoms with Crippen molar-refractivity contribution in [2.45, 2.75) is 13.8 Å². The number of hydrogen-bond donors (Lipinski definition) is 1. The minimum atomic E-state index is 0.174. The first-order valence-electron chi connectivity index (χ1n) is 3.60. The summed E-state index contributed by atoms with van der Waals surface area (Å²) in [7, 11) is 0. The Hall–Kier alpha value is -1.31. The maximum atomic E-state index is 8.98. The quantitative estimate of drug-likeness (QED) is 0.668. The highest BCUT2D eigenvalue weighted by Crippen LogP contribution is 2.13. The fraction of sp³-hybridized carbons (Fsp3) is 0.222. The Labute approximate surface area is 67.2 Å². The number of nitrogens with zero attached hydrogens (tertiary/aromatic N) is 1. The van der Waals surface area contributed by atoms with Gasteiger partial charge in [-0.05, 0) is 6.07 Å². The molecule has 0 saturated carbocycles. The molecule has 1 N–H and O–H groups in total. The summed E-state index contributed by atoms with van der Waals surface area (Å²) < 4.78 is 0. The zero-order valence-corrected chi connectivity index (χ0v) is 6.91. The van der Waals surface area contributed by atoms with Gasteiger partial charge in [-0.2, -0.15) is 0 Å². The summed E-state index contributed by atoms with van der Waals surface area (Å²) in [5, 5.41) is 8.98. The monoisotopic (exact) mass is 151 g/mol. The fourth-order valence-electron chi connectivity index (χ4n) is 0.569. The summed E-state index contributed by atoms with van der Waals surface area (Å²) in [6.07, 6.45) is 4.57. The number of hydrogen-bond acceptors (Lipinski definition) is 2. The van der Waals surface area contributed by atoms with E-state index >= 15 is 0 Å². The molecule has 2 heteroatoms. The molecule has 0 aliphatic rings. The van der Waals surface area contributed by atoms with Gasteiger partial charge in [-0.15, -0.1) is 0 Å². The molecule has 1 heterocycles. The smallest absolute Gasteiger partial charge is 0.141 e. The summed E-state index contributed by atoms with van der Waals surface area (Å²) in [4.78, 5) is 3.70. The molecule has 1 aromatic rings. The van der Waals surface area contributed by atoms with Gasteiger partial charge in [0.05, 0.1) is 6.20 Å². The summed E-state index contributed by atoms with van der Waals surface area (Å²) in [6, 6.07) is 1.70. The van der Waals surface area contributed by atoms with Crippen molar-refractivity contribution in [1.82, 2.24) is 4.98 Å². The minimum Gasteiger partial charge on any atom is -0.506 e. The standard InChI is InChI=1S/C7H7NO.C2H6/c1-2-6-3-4-8-5-7(6)9;1-2/h2-5,9H,1H2;1-2H3. The van der Waals surface area contributed by atoms with E-state index in [1.807, 2.05) is 13.8 Å². The van der Waals surface area contributed by atoms with Crippen LogP contribution in [-0.4, -0.2) is 10.1 Å². The first-order valence-corrected chi connectivity index (χ1v) is 3.60. The van der Waals surface area contributed by atoms with Crippen LogP contribution in [0, 0.1) is 0 Å². The van der Waals surface area contributed by atoms with Crippen LogP contribution in [0.2, 0.25) is 0 Å². The van der Waals surface area contributed by atoms with Crippen LogP contribution in [0.4, 0.5) is 0 Å². The van der Waals surface area contributed by atoms with Gasteiger partial charge in [0.15, 0.2) is 0 Å². The first-order chi connectivity index (χ1) is 5.34. The van der Waals surface area contributed by atoms with Crippen molar-refractivity contribution in [3.63, 3.8) is 0 Å². The van der Waals surface area contributed by atoms with Gasteiger partial charge in [-0.1, -0.05) is 26.5 Å². The second kappa shape index (κ2) is 5.47. The number of pyridine rings is 1. The van der Waals surface area contributed by atoms with Crippen LogP contribution < -0.4 is 0 Å². The molecule has 60 valence electrons. The van der Waals surface area contributed by atoms with Gasteiger partial charge in [-0.3, -0.25) is 4.98 Å². The molecule has 11 heavy (non-hydrogen) atoms. The van der Waals surface area contributed by atoms with Crippen molar-refractivity contribution >= 4 is 6.08 Å². The lowest BCUT2D eigenvalue weighted by Crippen LogP contribution is -1.74. The average Bonchev–Trinajstić information content (AvgIpc) is 2.09. The van der Waals surface area contributed by atoms with Crippen LogP contribution in [0.15, 0.2) is 25.0 Å². The molecule has 0 spiro atoms. The first kappa shape index (κ1) is 9.69. The molecule has 1 aromatic heterocycles. The Morgan fingerprint density at radius 3 is 2.55 bits per heavy atom. The van der Waals surface area contributed by atoms with Gasteiger partial charge >= 0.3 is 0 Å². The minimum absolute atomic E-state index is 0.174. The van der Waals surface area contributed by atoms with Gasteiger partial charge in [0.1, 0.15) is 5.75 Å². The summed E-state index contributed by atoms with van der Waals surface area (Å²) >= 11 is 0. The highest BCUT2D eigenvalue weighted by atomic mass is 16.3. The maximum Gasteiger partial charge on any atom is 0.141 e. The molecular weight excluding hydrogens is 138 g/mol. The summed E-state index contributed by atoms with van der Waals surface area (Å²) in [6.45, 7) is 7.50. The Kier molecular flexibility index (Phi) is 4.82. The molecule has 0 unspecified atom stereocenters. The number of aromatic hydroxyl groups is 1. The highest BCUT2D eigenvalue weighted by molar-refractivity contribution is 5.53. The lowest BCUT2D eigenvalue weighted by atomic mass is 10.2. The van der Waals surface area contributed by atoms with Crippen molar-refractivity contribution in [3.8, 4) is 5.75 Å². The van der Waals surface area contributed by atoms with Gasteiger partial charge in [0, 0.05) is 11.8 Å². The summed E-state index contributed by atoms with van der Waals surface area (Å²) in [5.41, 5.74) is 0.713. The molecular formula is C9H13NO. The van der Waals surface area contributed by atoms with E-state index in [2.05, 4.69) is 11.6 Å². The third-order valence-electron chi connectivity index (χ3n) is 1.05. The fourth-order valence-corrected chi connectivity index (χ4v) is 0.569. The zero-order chi connectivity index (χ0) is 8.69. The largest absolute Gasteiger partial charge is 0.506 e. The van der Waals surface area contributed by atoms with Crippen molar-refractivity contribution in [1.29, 1.82) is 0 Å². The lowest BCUT2D eigenvalue weighted by Gasteiger charge is -1.93. The Morgan fingerprint density at radius 2 is 2.18 bits per heavy atom.